The predicted octanol–water partition coefficient (Wildman–Crippen LogP) is 5.59. The molecular formula is C19H19ClN4OS2. The van der Waals surface area contributed by atoms with Gasteiger partial charge < -0.3 is 11.1 Å². The van der Waals surface area contributed by atoms with Crippen LogP contribution < -0.4 is 11.1 Å². The van der Waals surface area contributed by atoms with E-state index in [1.165, 1.54) is 23.3 Å². The molecule has 2 aromatic heterocycles. The minimum absolute atomic E-state index is 0.145. The van der Waals surface area contributed by atoms with Crippen molar-refractivity contribution in [1.82, 2.24) is 9.36 Å². The SMILES string of the molecule is CCC(Sc1nsc(Nc2ncccc2C)c1C(N)=O)c1ccc(Cl)cc1. The highest BCUT2D eigenvalue weighted by atomic mass is 35.5. The molecule has 0 radical (unpaired) electrons. The number of anilines is 2. The lowest BCUT2D eigenvalue weighted by Crippen LogP contribution is -2.13. The number of aromatic nitrogens is 2. The Hall–Kier alpha value is -2.09. The van der Waals surface area contributed by atoms with Crippen molar-refractivity contribution in [3.63, 3.8) is 0 Å². The van der Waals surface area contributed by atoms with Crippen molar-refractivity contribution in [2.45, 2.75) is 30.5 Å². The Morgan fingerprint density at radius 3 is 2.70 bits per heavy atom. The number of nitrogens with one attached hydrogen (secondary N) is 1. The van der Waals surface area contributed by atoms with E-state index in [1.807, 2.05) is 43.3 Å². The number of rotatable bonds is 7. The number of thioether (sulfide) groups is 1. The van der Waals surface area contributed by atoms with Crippen LogP contribution in [-0.2, 0) is 0 Å². The number of carbonyl (C=O) groups is 1. The third kappa shape index (κ3) is 4.61. The second kappa shape index (κ2) is 8.73. The number of carbonyl (C=O) groups excluding carboxylic acids is 1. The van der Waals surface area contributed by atoms with E-state index >= 15 is 0 Å². The quantitative estimate of drug-likeness (QED) is 0.489. The number of primary amides is 1. The number of benzene rings is 1. The molecule has 0 aliphatic rings. The van der Waals surface area contributed by atoms with Gasteiger partial charge in [0.15, 0.2) is 0 Å². The Labute approximate surface area is 171 Å². The molecule has 1 aromatic carbocycles. The normalized spacial score (nSPS) is 12.0. The summed E-state index contributed by atoms with van der Waals surface area (Å²) in [6.07, 6.45) is 2.58. The van der Waals surface area contributed by atoms with Crippen LogP contribution in [0.15, 0.2) is 47.6 Å². The molecule has 1 unspecified atom stereocenters. The number of hydrogen-bond acceptors (Lipinski definition) is 6. The minimum atomic E-state index is -0.506. The van der Waals surface area contributed by atoms with Crippen LogP contribution in [0.5, 0.6) is 0 Å². The van der Waals surface area contributed by atoms with Crippen LogP contribution in [0.25, 0.3) is 0 Å². The zero-order chi connectivity index (χ0) is 19.4. The zero-order valence-corrected chi connectivity index (χ0v) is 17.3. The second-order valence-corrected chi connectivity index (χ2v) is 8.32. The molecule has 140 valence electrons. The maximum atomic E-state index is 12.1. The van der Waals surface area contributed by atoms with Crippen LogP contribution in [0.1, 0.15) is 40.1 Å². The summed E-state index contributed by atoms with van der Waals surface area (Å²) in [6, 6.07) is 11.5. The predicted molar refractivity (Wildman–Crippen MR) is 113 cm³/mol. The molecule has 1 amide bonds. The third-order valence-corrected chi connectivity index (χ3v) is 6.55. The first-order valence-corrected chi connectivity index (χ1v) is 10.4. The van der Waals surface area contributed by atoms with Crippen LogP contribution in [0.2, 0.25) is 5.02 Å². The van der Waals surface area contributed by atoms with E-state index in [0.717, 1.165) is 17.5 Å². The standard InChI is InChI=1S/C19H19ClN4OS2/c1-3-14(12-6-8-13(20)9-7-12)26-19-15(16(21)25)18(27-24-19)23-17-11(2)5-4-10-22-17/h4-10,14H,3H2,1-2H3,(H2,21,25)(H,22,23). The first kappa shape index (κ1) is 19.7. The van der Waals surface area contributed by atoms with Crippen LogP contribution >= 0.6 is 34.9 Å². The summed E-state index contributed by atoms with van der Waals surface area (Å²) in [5, 5.41) is 5.28. The molecule has 2 heterocycles. The summed E-state index contributed by atoms with van der Waals surface area (Å²) >= 11 is 8.73. The molecule has 0 saturated heterocycles. The van der Waals surface area contributed by atoms with Crippen LogP contribution in [-0.4, -0.2) is 15.3 Å². The van der Waals surface area contributed by atoms with Crippen molar-refractivity contribution < 1.29 is 4.79 Å². The lowest BCUT2D eigenvalue weighted by Gasteiger charge is -2.14. The number of amides is 1. The van der Waals surface area contributed by atoms with Crippen molar-refractivity contribution in [1.29, 1.82) is 0 Å². The molecule has 0 saturated carbocycles. The van der Waals surface area contributed by atoms with E-state index in [2.05, 4.69) is 21.6 Å². The highest BCUT2D eigenvalue weighted by Crippen LogP contribution is 2.42. The van der Waals surface area contributed by atoms with E-state index in [0.29, 0.717) is 26.4 Å². The first-order chi connectivity index (χ1) is 13.0. The lowest BCUT2D eigenvalue weighted by molar-refractivity contribution is 0.0998. The molecule has 1 atom stereocenters. The van der Waals surface area contributed by atoms with E-state index < -0.39 is 5.91 Å². The Bertz CT molecular complexity index is 943. The smallest absolute Gasteiger partial charge is 0.254 e. The van der Waals surface area contributed by atoms with Crippen LogP contribution in [0, 0.1) is 6.92 Å². The molecule has 0 bridgehead atoms. The van der Waals surface area contributed by atoms with Crippen molar-refractivity contribution in [2.24, 2.45) is 5.73 Å². The number of hydrogen-bond donors (Lipinski definition) is 2. The summed E-state index contributed by atoms with van der Waals surface area (Å²) in [4.78, 5) is 16.4. The molecular weight excluding hydrogens is 400 g/mol. The third-order valence-electron chi connectivity index (χ3n) is 4.02. The fraction of sp³-hybridized carbons (Fsp3) is 0.211. The number of nitrogens with two attached hydrogens (primary N) is 1. The van der Waals surface area contributed by atoms with E-state index in [1.54, 1.807) is 6.20 Å². The molecule has 5 nitrogen and oxygen atoms in total. The van der Waals surface area contributed by atoms with Gasteiger partial charge in [0.2, 0.25) is 0 Å². The van der Waals surface area contributed by atoms with E-state index in [-0.39, 0.29) is 5.25 Å². The van der Waals surface area contributed by atoms with Gasteiger partial charge in [-0.15, -0.1) is 0 Å². The van der Waals surface area contributed by atoms with Crippen molar-refractivity contribution >= 4 is 51.6 Å². The molecule has 3 N–H and O–H groups in total. The van der Waals surface area contributed by atoms with Crippen molar-refractivity contribution in [3.05, 3.63) is 64.3 Å². The molecule has 3 aromatic rings. The summed E-state index contributed by atoms with van der Waals surface area (Å²) in [5.41, 5.74) is 8.17. The van der Waals surface area contributed by atoms with Gasteiger partial charge in [-0.1, -0.05) is 48.5 Å². The minimum Gasteiger partial charge on any atom is -0.365 e. The number of nitrogens with zero attached hydrogens (tertiary/aromatic N) is 2. The van der Waals surface area contributed by atoms with Crippen LogP contribution in [0.3, 0.4) is 0 Å². The second-order valence-electron chi connectivity index (χ2n) is 5.92. The topological polar surface area (TPSA) is 80.9 Å². The highest BCUT2D eigenvalue weighted by molar-refractivity contribution is 7.99. The molecule has 3 rings (SSSR count). The molecule has 8 heteroatoms. The Balaban J connectivity index is 1.89. The van der Waals surface area contributed by atoms with Gasteiger partial charge in [-0.3, -0.25) is 4.79 Å². The van der Waals surface area contributed by atoms with Crippen LogP contribution in [0.4, 0.5) is 10.8 Å². The monoisotopic (exact) mass is 418 g/mol. The average Bonchev–Trinajstić information content (AvgIpc) is 3.05. The number of aryl methyl sites for hydroxylation is 1. The molecule has 0 aliphatic carbocycles. The van der Waals surface area contributed by atoms with Gasteiger partial charge in [-0.25, -0.2) is 4.98 Å². The van der Waals surface area contributed by atoms with Crippen molar-refractivity contribution in [2.75, 3.05) is 5.32 Å². The summed E-state index contributed by atoms with van der Waals surface area (Å²) in [6.45, 7) is 4.04. The van der Waals surface area contributed by atoms with E-state index in [4.69, 9.17) is 17.3 Å². The van der Waals surface area contributed by atoms with Crippen molar-refractivity contribution in [3.8, 4) is 0 Å². The lowest BCUT2D eigenvalue weighted by atomic mass is 10.1. The highest BCUT2D eigenvalue weighted by Gasteiger charge is 2.23. The largest absolute Gasteiger partial charge is 0.365 e. The molecule has 0 aliphatic heterocycles. The fourth-order valence-electron chi connectivity index (χ4n) is 2.58. The maximum absolute atomic E-state index is 12.1. The number of halogens is 1. The molecule has 27 heavy (non-hydrogen) atoms. The average molecular weight is 419 g/mol. The maximum Gasteiger partial charge on any atom is 0.254 e. The first-order valence-electron chi connectivity index (χ1n) is 8.39. The summed E-state index contributed by atoms with van der Waals surface area (Å²) in [7, 11) is 0. The summed E-state index contributed by atoms with van der Waals surface area (Å²) in [5.74, 6) is 0.179. The zero-order valence-electron chi connectivity index (χ0n) is 14.9. The van der Waals surface area contributed by atoms with Gasteiger partial charge in [-0.05, 0) is 54.2 Å². The molecule has 0 spiro atoms. The van der Waals surface area contributed by atoms with Gasteiger partial charge in [0.25, 0.3) is 5.91 Å². The van der Waals surface area contributed by atoms with Gasteiger partial charge in [0.05, 0.1) is 0 Å². The fourth-order valence-corrected chi connectivity index (χ4v) is 4.80. The van der Waals surface area contributed by atoms with Gasteiger partial charge in [0.1, 0.15) is 21.4 Å². The van der Waals surface area contributed by atoms with Gasteiger partial charge in [-0.2, -0.15) is 4.37 Å². The Morgan fingerprint density at radius 2 is 2.07 bits per heavy atom. The Kier molecular flexibility index (Phi) is 6.36. The number of pyridine rings is 1. The molecule has 0 fully saturated rings. The Morgan fingerprint density at radius 1 is 1.33 bits per heavy atom. The van der Waals surface area contributed by atoms with Gasteiger partial charge in [0, 0.05) is 16.5 Å². The van der Waals surface area contributed by atoms with E-state index in [9.17, 15) is 4.79 Å². The summed E-state index contributed by atoms with van der Waals surface area (Å²) < 4.78 is 4.48. The van der Waals surface area contributed by atoms with Gasteiger partial charge >= 0.3 is 0 Å².